The molecule has 0 N–H and O–H groups in total. The molecule has 0 aromatic carbocycles. The summed E-state index contributed by atoms with van der Waals surface area (Å²) in [5.74, 6) is -2.64. The smallest absolute Gasteiger partial charge is 0.264 e. The van der Waals surface area contributed by atoms with Gasteiger partial charge in [-0.2, -0.15) is 8.42 Å². The van der Waals surface area contributed by atoms with Gasteiger partial charge in [0.05, 0.1) is 12.4 Å². The van der Waals surface area contributed by atoms with E-state index >= 15 is 0 Å². The Morgan fingerprint density at radius 2 is 1.77 bits per heavy atom. The molecule has 0 amide bonds. The summed E-state index contributed by atoms with van der Waals surface area (Å²) >= 11 is 0. The molecule has 0 aromatic rings. The van der Waals surface area contributed by atoms with Crippen LogP contribution in [0.1, 0.15) is 25.7 Å². The Kier molecular flexibility index (Phi) is 2.91. The van der Waals surface area contributed by atoms with Crippen molar-refractivity contribution in [1.82, 2.24) is 0 Å². The zero-order chi connectivity index (χ0) is 10.1. The van der Waals surface area contributed by atoms with Gasteiger partial charge in [-0.1, -0.05) is 0 Å². The first kappa shape index (κ1) is 10.8. The fourth-order valence-corrected chi connectivity index (χ4v) is 2.04. The molecule has 1 saturated carbocycles. The molecule has 0 aliphatic heterocycles. The van der Waals surface area contributed by atoms with Crippen LogP contribution in [0, 0.1) is 0 Å². The van der Waals surface area contributed by atoms with E-state index in [1.165, 1.54) is 0 Å². The number of hydrogen-bond acceptors (Lipinski definition) is 3. The molecule has 13 heavy (non-hydrogen) atoms. The standard InChI is InChI=1S/C7H12F2O3S/c1-13(10,11)12-6-2-4-7(8,9)5-3-6/h6H,2-5H2,1H3. The molecule has 0 radical (unpaired) electrons. The van der Waals surface area contributed by atoms with Crippen LogP contribution >= 0.6 is 0 Å². The Balaban J connectivity index is 2.43. The van der Waals surface area contributed by atoms with E-state index in [9.17, 15) is 17.2 Å². The SMILES string of the molecule is CS(=O)(=O)OC1CCC(F)(F)CC1. The number of alkyl halides is 2. The highest BCUT2D eigenvalue weighted by molar-refractivity contribution is 7.86. The Hall–Kier alpha value is -0.230. The summed E-state index contributed by atoms with van der Waals surface area (Å²) in [4.78, 5) is 0. The average molecular weight is 214 g/mol. The number of halogens is 2. The highest BCUT2D eigenvalue weighted by atomic mass is 32.2. The van der Waals surface area contributed by atoms with Crippen LogP contribution in [0.25, 0.3) is 0 Å². The third-order valence-electron chi connectivity index (χ3n) is 1.98. The largest absolute Gasteiger partial charge is 0.267 e. The quantitative estimate of drug-likeness (QED) is 0.655. The Morgan fingerprint density at radius 3 is 2.15 bits per heavy atom. The van der Waals surface area contributed by atoms with Crippen LogP contribution in [0.3, 0.4) is 0 Å². The molecule has 1 aliphatic carbocycles. The molecule has 6 heteroatoms. The Morgan fingerprint density at radius 1 is 1.31 bits per heavy atom. The zero-order valence-corrected chi connectivity index (χ0v) is 8.11. The van der Waals surface area contributed by atoms with E-state index in [0.29, 0.717) is 0 Å². The van der Waals surface area contributed by atoms with Crippen molar-refractivity contribution < 1.29 is 21.4 Å². The van der Waals surface area contributed by atoms with E-state index in [1.807, 2.05) is 0 Å². The number of rotatable bonds is 2. The molecule has 3 nitrogen and oxygen atoms in total. The van der Waals surface area contributed by atoms with Crippen molar-refractivity contribution >= 4 is 10.1 Å². The lowest BCUT2D eigenvalue weighted by Crippen LogP contribution is -2.30. The van der Waals surface area contributed by atoms with E-state index in [2.05, 4.69) is 4.18 Å². The van der Waals surface area contributed by atoms with Crippen molar-refractivity contribution in [2.24, 2.45) is 0 Å². The van der Waals surface area contributed by atoms with Crippen LogP contribution in [0.5, 0.6) is 0 Å². The van der Waals surface area contributed by atoms with Gasteiger partial charge in [-0.25, -0.2) is 8.78 Å². The van der Waals surface area contributed by atoms with Crippen LogP contribution in [0.4, 0.5) is 8.78 Å². The van der Waals surface area contributed by atoms with Crippen LogP contribution < -0.4 is 0 Å². The van der Waals surface area contributed by atoms with Gasteiger partial charge in [0.25, 0.3) is 10.1 Å². The topological polar surface area (TPSA) is 43.4 Å². The fraction of sp³-hybridized carbons (Fsp3) is 1.00. The van der Waals surface area contributed by atoms with Gasteiger partial charge in [0, 0.05) is 12.8 Å². The van der Waals surface area contributed by atoms with Gasteiger partial charge >= 0.3 is 0 Å². The Bertz CT molecular complexity index is 263. The van der Waals surface area contributed by atoms with Crippen molar-refractivity contribution in [3.8, 4) is 0 Å². The molecule has 0 atom stereocenters. The predicted octanol–water partition coefficient (Wildman–Crippen LogP) is 1.54. The highest BCUT2D eigenvalue weighted by Crippen LogP contribution is 2.34. The molecule has 1 aliphatic rings. The maximum absolute atomic E-state index is 12.6. The van der Waals surface area contributed by atoms with E-state index in [4.69, 9.17) is 0 Å². The summed E-state index contributed by atoms with van der Waals surface area (Å²) in [6, 6.07) is 0. The minimum Gasteiger partial charge on any atom is -0.267 e. The van der Waals surface area contributed by atoms with Crippen LogP contribution in [0.2, 0.25) is 0 Å². The zero-order valence-electron chi connectivity index (χ0n) is 7.29. The first-order chi connectivity index (χ1) is 5.79. The normalized spacial score (nSPS) is 24.5. The molecule has 0 saturated heterocycles. The Labute approximate surface area is 76.2 Å². The molecule has 1 rings (SSSR count). The van der Waals surface area contributed by atoms with Crippen LogP contribution in [-0.2, 0) is 14.3 Å². The second-order valence-electron chi connectivity index (χ2n) is 3.36. The van der Waals surface area contributed by atoms with Gasteiger partial charge in [-0.15, -0.1) is 0 Å². The van der Waals surface area contributed by atoms with Gasteiger partial charge in [0.1, 0.15) is 0 Å². The van der Waals surface area contributed by atoms with E-state index in [0.717, 1.165) is 6.26 Å². The van der Waals surface area contributed by atoms with Crippen molar-refractivity contribution in [2.45, 2.75) is 37.7 Å². The van der Waals surface area contributed by atoms with Gasteiger partial charge in [-0.3, -0.25) is 4.18 Å². The van der Waals surface area contributed by atoms with Crippen LogP contribution in [-0.4, -0.2) is 26.7 Å². The summed E-state index contributed by atoms with van der Waals surface area (Å²) < 4.78 is 51.1. The van der Waals surface area contributed by atoms with Crippen molar-refractivity contribution in [1.29, 1.82) is 0 Å². The first-order valence-electron chi connectivity index (χ1n) is 4.05. The minimum atomic E-state index is -3.51. The molecule has 0 bridgehead atoms. The maximum Gasteiger partial charge on any atom is 0.264 e. The second kappa shape index (κ2) is 3.49. The lowest BCUT2D eigenvalue weighted by Gasteiger charge is -2.27. The number of hydrogen-bond donors (Lipinski definition) is 0. The molecular formula is C7H12F2O3S. The van der Waals surface area contributed by atoms with E-state index in [-0.39, 0.29) is 25.7 Å². The van der Waals surface area contributed by atoms with Crippen molar-refractivity contribution in [3.63, 3.8) is 0 Å². The minimum absolute atomic E-state index is 0.111. The van der Waals surface area contributed by atoms with Crippen molar-refractivity contribution in [2.75, 3.05) is 6.26 Å². The predicted molar refractivity (Wildman–Crippen MR) is 43.1 cm³/mol. The molecule has 0 spiro atoms. The average Bonchev–Trinajstić information content (AvgIpc) is 1.91. The molecular weight excluding hydrogens is 202 g/mol. The summed E-state index contributed by atoms with van der Waals surface area (Å²) in [5.41, 5.74) is 0. The van der Waals surface area contributed by atoms with E-state index in [1.54, 1.807) is 0 Å². The molecule has 0 unspecified atom stereocenters. The summed E-state index contributed by atoms with van der Waals surface area (Å²) in [6.45, 7) is 0. The van der Waals surface area contributed by atoms with Crippen molar-refractivity contribution in [3.05, 3.63) is 0 Å². The molecule has 0 aromatic heterocycles. The summed E-state index contributed by atoms with van der Waals surface area (Å²) in [7, 11) is -3.51. The molecule has 78 valence electrons. The van der Waals surface area contributed by atoms with Crippen LogP contribution in [0.15, 0.2) is 0 Å². The monoisotopic (exact) mass is 214 g/mol. The third kappa shape index (κ3) is 3.99. The fourth-order valence-electron chi connectivity index (χ4n) is 1.36. The van der Waals surface area contributed by atoms with E-state index < -0.39 is 22.1 Å². The summed E-state index contributed by atoms with van der Waals surface area (Å²) in [6.07, 6.45) is 0.0231. The van der Waals surface area contributed by atoms with Gasteiger partial charge < -0.3 is 0 Å². The molecule has 1 fully saturated rings. The van der Waals surface area contributed by atoms with Gasteiger partial charge in [0.15, 0.2) is 0 Å². The highest BCUT2D eigenvalue weighted by Gasteiger charge is 2.36. The third-order valence-corrected chi connectivity index (χ3v) is 2.60. The lowest BCUT2D eigenvalue weighted by molar-refractivity contribution is -0.0573. The molecule has 0 heterocycles. The lowest BCUT2D eigenvalue weighted by atomic mass is 9.94. The second-order valence-corrected chi connectivity index (χ2v) is 4.96. The van der Waals surface area contributed by atoms with Gasteiger partial charge in [-0.05, 0) is 12.8 Å². The summed E-state index contributed by atoms with van der Waals surface area (Å²) in [5, 5.41) is 0. The first-order valence-corrected chi connectivity index (χ1v) is 5.86. The maximum atomic E-state index is 12.6. The van der Waals surface area contributed by atoms with Gasteiger partial charge in [0.2, 0.25) is 5.92 Å².